The molecule has 0 aliphatic rings. The maximum Gasteiger partial charge on any atom is 0.346 e. The van der Waals surface area contributed by atoms with Crippen LogP contribution in [0, 0.1) is 10.1 Å². The van der Waals surface area contributed by atoms with Gasteiger partial charge in [-0.2, -0.15) is 0 Å². The van der Waals surface area contributed by atoms with Gasteiger partial charge in [0.2, 0.25) is 0 Å². The second-order valence-corrected chi connectivity index (χ2v) is 4.69. The molecule has 0 aliphatic heterocycles. The van der Waals surface area contributed by atoms with Crippen LogP contribution in [0.15, 0.2) is 27.4 Å². The van der Waals surface area contributed by atoms with Gasteiger partial charge in [-0.05, 0) is 19.4 Å². The third kappa shape index (κ3) is 2.60. The first-order valence-corrected chi connectivity index (χ1v) is 6.39. The number of nitrogens with zero attached hydrogens (tertiary/aromatic N) is 1. The molecule has 0 N–H and O–H groups in total. The van der Waals surface area contributed by atoms with Crippen LogP contribution in [0.25, 0.3) is 10.8 Å². The summed E-state index contributed by atoms with van der Waals surface area (Å²) in [5.41, 5.74) is -0.914. The van der Waals surface area contributed by atoms with Crippen molar-refractivity contribution in [2.45, 2.75) is 26.4 Å². The minimum atomic E-state index is -0.716. The average molecular weight is 298 g/mol. The molecule has 0 amide bonds. The van der Waals surface area contributed by atoms with Gasteiger partial charge in [0.15, 0.2) is 0 Å². The molecule has 0 aliphatic carbocycles. The summed E-state index contributed by atoms with van der Waals surface area (Å²) in [6.45, 7) is 3.73. The van der Waals surface area contributed by atoms with Gasteiger partial charge in [-0.15, -0.1) is 0 Å². The number of hydrogen-bond donors (Lipinski definition) is 0. The van der Waals surface area contributed by atoms with E-state index in [-0.39, 0.29) is 28.1 Å². The first kappa shape index (κ1) is 14.3. The summed E-state index contributed by atoms with van der Waals surface area (Å²) in [5.74, 6) is -0.0626. The molecule has 1 unspecified atom stereocenters. The molecule has 106 valence electrons. The highest BCUT2D eigenvalue weighted by molar-refractivity contribution is 6.36. The van der Waals surface area contributed by atoms with Crippen molar-refractivity contribution >= 4 is 28.1 Å². The van der Waals surface area contributed by atoms with Crippen LogP contribution in [0.1, 0.15) is 20.3 Å². The molecule has 2 rings (SSSR count). The molecule has 7 heteroatoms. The Hall–Kier alpha value is -2.08. The summed E-state index contributed by atoms with van der Waals surface area (Å²) in [6.07, 6.45) is 0.560. The summed E-state index contributed by atoms with van der Waals surface area (Å²) in [6, 6.07) is 3.83. The first-order valence-electron chi connectivity index (χ1n) is 6.01. The Morgan fingerprint density at radius 3 is 2.75 bits per heavy atom. The highest BCUT2D eigenvalue weighted by Crippen LogP contribution is 2.32. The average Bonchev–Trinajstić information content (AvgIpc) is 2.43. The van der Waals surface area contributed by atoms with Gasteiger partial charge in [-0.3, -0.25) is 10.1 Å². The standard InChI is InChI=1S/C13H12ClNO5/c1-3-7(2)19-13-11(14)9-5-4-8(15(17)18)6-10(9)12(16)20-13/h4-7H,3H2,1-2H3. The van der Waals surface area contributed by atoms with Gasteiger partial charge >= 0.3 is 11.6 Å². The predicted octanol–water partition coefficient (Wildman–Crippen LogP) is 3.53. The quantitative estimate of drug-likeness (QED) is 0.637. The highest BCUT2D eigenvalue weighted by atomic mass is 35.5. The summed E-state index contributed by atoms with van der Waals surface area (Å²) in [5, 5.41) is 11.3. The normalized spacial score (nSPS) is 12.3. The van der Waals surface area contributed by atoms with Gasteiger partial charge in [-0.1, -0.05) is 18.5 Å². The summed E-state index contributed by atoms with van der Waals surface area (Å²) in [7, 11) is 0. The van der Waals surface area contributed by atoms with Crippen molar-refractivity contribution < 1.29 is 14.1 Å². The van der Waals surface area contributed by atoms with Gasteiger partial charge in [0.05, 0.1) is 16.4 Å². The van der Waals surface area contributed by atoms with Gasteiger partial charge in [-0.25, -0.2) is 4.79 Å². The smallest absolute Gasteiger partial charge is 0.346 e. The van der Waals surface area contributed by atoms with Crippen molar-refractivity contribution in [1.82, 2.24) is 0 Å². The zero-order valence-corrected chi connectivity index (χ0v) is 11.6. The Bertz CT molecular complexity index is 725. The van der Waals surface area contributed by atoms with Crippen LogP contribution in [0.2, 0.25) is 5.02 Å². The number of benzene rings is 1. The third-order valence-electron chi connectivity index (χ3n) is 2.92. The Balaban J connectivity index is 2.62. The lowest BCUT2D eigenvalue weighted by Crippen LogP contribution is -2.12. The highest BCUT2D eigenvalue weighted by Gasteiger charge is 2.17. The van der Waals surface area contributed by atoms with Crippen LogP contribution in [-0.2, 0) is 0 Å². The van der Waals surface area contributed by atoms with E-state index in [0.29, 0.717) is 5.39 Å². The van der Waals surface area contributed by atoms with E-state index in [4.69, 9.17) is 20.8 Å². The molecule has 0 radical (unpaired) electrons. The molecule has 20 heavy (non-hydrogen) atoms. The van der Waals surface area contributed by atoms with Crippen LogP contribution in [0.5, 0.6) is 5.95 Å². The SMILES string of the molecule is CCC(C)Oc1oc(=O)c2cc([N+](=O)[O-])ccc2c1Cl. The molecule has 0 saturated heterocycles. The number of hydrogen-bond acceptors (Lipinski definition) is 5. The molecular weight excluding hydrogens is 286 g/mol. The van der Waals surface area contributed by atoms with Crippen LogP contribution < -0.4 is 10.4 Å². The van der Waals surface area contributed by atoms with Crippen molar-refractivity contribution in [2.24, 2.45) is 0 Å². The molecule has 0 bridgehead atoms. The number of nitro groups is 1. The lowest BCUT2D eigenvalue weighted by Gasteiger charge is -2.12. The molecule has 6 nitrogen and oxygen atoms in total. The maximum atomic E-state index is 11.9. The Morgan fingerprint density at radius 1 is 1.45 bits per heavy atom. The second-order valence-electron chi connectivity index (χ2n) is 4.31. The second kappa shape index (κ2) is 5.50. The van der Waals surface area contributed by atoms with E-state index < -0.39 is 10.5 Å². The molecule has 0 fully saturated rings. The molecule has 1 heterocycles. The number of fused-ring (bicyclic) bond motifs is 1. The fraction of sp³-hybridized carbons (Fsp3) is 0.308. The van der Waals surface area contributed by atoms with E-state index in [9.17, 15) is 14.9 Å². The number of ether oxygens (including phenoxy) is 1. The Morgan fingerprint density at radius 2 is 2.15 bits per heavy atom. The molecule has 0 spiro atoms. The van der Waals surface area contributed by atoms with E-state index >= 15 is 0 Å². The molecular formula is C13H12ClNO5. The minimum absolute atomic E-state index is 0.0562. The first-order chi connectivity index (χ1) is 9.43. The zero-order valence-electron chi connectivity index (χ0n) is 10.9. The molecule has 1 atom stereocenters. The van der Waals surface area contributed by atoms with Crippen LogP contribution >= 0.6 is 11.6 Å². The molecule has 2 aromatic rings. The van der Waals surface area contributed by atoms with Gasteiger partial charge in [0, 0.05) is 17.5 Å². The molecule has 0 saturated carbocycles. The van der Waals surface area contributed by atoms with Gasteiger partial charge in [0.1, 0.15) is 5.02 Å². The van der Waals surface area contributed by atoms with E-state index in [2.05, 4.69) is 0 Å². The zero-order chi connectivity index (χ0) is 14.9. The van der Waals surface area contributed by atoms with Crippen molar-refractivity contribution in [2.75, 3.05) is 0 Å². The van der Waals surface area contributed by atoms with Crippen molar-refractivity contribution in [3.63, 3.8) is 0 Å². The molecule has 1 aromatic carbocycles. The molecule has 1 aromatic heterocycles. The summed E-state index contributed by atoms with van der Waals surface area (Å²) >= 11 is 6.12. The van der Waals surface area contributed by atoms with Crippen molar-refractivity contribution in [3.05, 3.63) is 43.8 Å². The summed E-state index contributed by atoms with van der Waals surface area (Å²) in [4.78, 5) is 22.0. The van der Waals surface area contributed by atoms with E-state index in [1.807, 2.05) is 13.8 Å². The minimum Gasteiger partial charge on any atom is -0.461 e. The van der Waals surface area contributed by atoms with E-state index in [0.717, 1.165) is 12.5 Å². The van der Waals surface area contributed by atoms with E-state index in [1.165, 1.54) is 12.1 Å². The van der Waals surface area contributed by atoms with Crippen LogP contribution in [0.4, 0.5) is 5.69 Å². The summed E-state index contributed by atoms with van der Waals surface area (Å²) < 4.78 is 10.4. The fourth-order valence-corrected chi connectivity index (χ4v) is 1.89. The van der Waals surface area contributed by atoms with Crippen molar-refractivity contribution in [1.29, 1.82) is 0 Å². The number of halogens is 1. The predicted molar refractivity (Wildman–Crippen MR) is 74.5 cm³/mol. The lowest BCUT2D eigenvalue weighted by atomic mass is 10.1. The Kier molecular flexibility index (Phi) is 3.94. The number of rotatable bonds is 4. The number of nitro benzene ring substituents is 1. The maximum absolute atomic E-state index is 11.9. The van der Waals surface area contributed by atoms with Crippen LogP contribution in [-0.4, -0.2) is 11.0 Å². The largest absolute Gasteiger partial charge is 0.461 e. The third-order valence-corrected chi connectivity index (χ3v) is 3.28. The van der Waals surface area contributed by atoms with Crippen molar-refractivity contribution in [3.8, 4) is 5.95 Å². The lowest BCUT2D eigenvalue weighted by molar-refractivity contribution is -0.384. The number of non-ortho nitro benzene ring substituents is 1. The van der Waals surface area contributed by atoms with Gasteiger partial charge < -0.3 is 9.15 Å². The van der Waals surface area contributed by atoms with Crippen LogP contribution in [0.3, 0.4) is 0 Å². The Labute approximate surface area is 119 Å². The van der Waals surface area contributed by atoms with E-state index in [1.54, 1.807) is 0 Å². The monoisotopic (exact) mass is 297 g/mol. The topological polar surface area (TPSA) is 82.6 Å². The van der Waals surface area contributed by atoms with Gasteiger partial charge in [0.25, 0.3) is 5.69 Å². The fourth-order valence-electron chi connectivity index (χ4n) is 1.64.